The first-order chi connectivity index (χ1) is 12.5. The number of hydrogen-bond donors (Lipinski definition) is 0. The van der Waals surface area contributed by atoms with Crippen molar-refractivity contribution in [3.8, 4) is 5.75 Å². The Morgan fingerprint density at radius 1 is 1.04 bits per heavy atom. The molecule has 1 aliphatic rings. The number of carbonyl (C=O) groups is 2. The summed E-state index contributed by atoms with van der Waals surface area (Å²) in [7, 11) is 1.58. The predicted molar refractivity (Wildman–Crippen MR) is 96.9 cm³/mol. The van der Waals surface area contributed by atoms with Crippen LogP contribution in [0.15, 0.2) is 48.5 Å². The Hall–Kier alpha value is -2.69. The normalized spacial score (nSPS) is 19.9. The van der Waals surface area contributed by atoms with Gasteiger partial charge in [-0.2, -0.15) is 0 Å². The van der Waals surface area contributed by atoms with Crippen LogP contribution in [0.3, 0.4) is 0 Å². The maximum Gasteiger partial charge on any atom is 0.254 e. The van der Waals surface area contributed by atoms with Crippen LogP contribution in [0.2, 0.25) is 0 Å². The van der Waals surface area contributed by atoms with Crippen LogP contribution in [0.5, 0.6) is 5.75 Å². The molecule has 0 aromatic heterocycles. The summed E-state index contributed by atoms with van der Waals surface area (Å²) in [5.41, 5.74) is 1.06. The van der Waals surface area contributed by atoms with Crippen LogP contribution in [0.4, 0.5) is 4.39 Å². The second kappa shape index (κ2) is 7.68. The second-order valence-electron chi connectivity index (χ2n) is 6.59. The van der Waals surface area contributed by atoms with Gasteiger partial charge in [0.15, 0.2) is 5.78 Å². The number of carbonyl (C=O) groups excluding carboxylic acids is 2. The lowest BCUT2D eigenvalue weighted by Crippen LogP contribution is -2.49. The van der Waals surface area contributed by atoms with Crippen molar-refractivity contribution < 1.29 is 18.7 Å². The first-order valence-corrected chi connectivity index (χ1v) is 8.76. The number of rotatable bonds is 4. The van der Waals surface area contributed by atoms with Crippen LogP contribution in [-0.4, -0.2) is 36.3 Å². The molecule has 4 nitrogen and oxygen atoms in total. The van der Waals surface area contributed by atoms with Crippen LogP contribution in [0, 0.1) is 11.7 Å². The summed E-state index contributed by atoms with van der Waals surface area (Å²) in [6.45, 7) is 2.51. The fourth-order valence-corrected chi connectivity index (χ4v) is 3.51. The fourth-order valence-electron chi connectivity index (χ4n) is 3.51. The van der Waals surface area contributed by atoms with Gasteiger partial charge in [0.1, 0.15) is 11.6 Å². The van der Waals surface area contributed by atoms with Gasteiger partial charge in [-0.25, -0.2) is 4.39 Å². The minimum absolute atomic E-state index is 0.0387. The van der Waals surface area contributed by atoms with E-state index in [0.29, 0.717) is 23.4 Å². The molecule has 0 aliphatic carbocycles. The summed E-state index contributed by atoms with van der Waals surface area (Å²) in [4.78, 5) is 27.4. The van der Waals surface area contributed by atoms with Crippen molar-refractivity contribution in [2.45, 2.75) is 25.8 Å². The lowest BCUT2D eigenvalue weighted by atomic mass is 9.83. The van der Waals surface area contributed by atoms with E-state index in [9.17, 15) is 14.0 Å². The molecule has 1 fully saturated rings. The molecule has 0 radical (unpaired) electrons. The Bertz CT molecular complexity index is 786. The third kappa shape index (κ3) is 3.62. The number of hydrogen-bond acceptors (Lipinski definition) is 3. The van der Waals surface area contributed by atoms with E-state index < -0.39 is 0 Å². The standard InChI is InChI=1S/C21H22FNO3/c1-14-19(20(24)15-7-11-18(26-2)12-8-15)4-3-13-23(14)21(25)16-5-9-17(22)10-6-16/h5-12,14,19H,3-4,13H2,1-2H3/t14-,19?/m1/s1. The van der Waals surface area contributed by atoms with E-state index in [1.54, 1.807) is 36.3 Å². The Morgan fingerprint density at radius 2 is 1.65 bits per heavy atom. The topological polar surface area (TPSA) is 46.6 Å². The molecule has 1 unspecified atom stereocenters. The third-order valence-electron chi connectivity index (χ3n) is 5.05. The van der Waals surface area contributed by atoms with Crippen molar-refractivity contribution in [2.75, 3.05) is 13.7 Å². The number of methoxy groups -OCH3 is 1. The van der Waals surface area contributed by atoms with E-state index in [0.717, 1.165) is 12.8 Å². The molecular weight excluding hydrogens is 333 g/mol. The molecule has 2 aromatic rings. The number of amides is 1. The number of ketones is 1. The number of benzene rings is 2. The average Bonchev–Trinajstić information content (AvgIpc) is 2.68. The number of piperidine rings is 1. The van der Waals surface area contributed by atoms with Crippen molar-refractivity contribution in [2.24, 2.45) is 5.92 Å². The van der Waals surface area contributed by atoms with E-state index in [4.69, 9.17) is 4.74 Å². The number of Topliss-reactive ketones (excluding diaryl/α,β-unsaturated/α-hetero) is 1. The van der Waals surface area contributed by atoms with E-state index in [1.165, 1.54) is 24.3 Å². The molecule has 3 rings (SSSR count). The quantitative estimate of drug-likeness (QED) is 0.780. The molecule has 5 heteroatoms. The molecule has 0 spiro atoms. The summed E-state index contributed by atoms with van der Waals surface area (Å²) >= 11 is 0. The lowest BCUT2D eigenvalue weighted by Gasteiger charge is -2.38. The summed E-state index contributed by atoms with van der Waals surface area (Å²) < 4.78 is 18.2. The molecule has 0 bridgehead atoms. The zero-order valence-corrected chi connectivity index (χ0v) is 14.9. The SMILES string of the molecule is COc1ccc(C(=O)C2CCCN(C(=O)c3ccc(F)cc3)[C@@H]2C)cc1. The molecular formula is C21H22FNO3. The molecule has 1 aliphatic heterocycles. The summed E-state index contributed by atoms with van der Waals surface area (Å²) in [5, 5.41) is 0. The second-order valence-corrected chi connectivity index (χ2v) is 6.59. The maximum absolute atomic E-state index is 13.1. The smallest absolute Gasteiger partial charge is 0.254 e. The zero-order chi connectivity index (χ0) is 18.7. The van der Waals surface area contributed by atoms with Crippen molar-refractivity contribution in [3.63, 3.8) is 0 Å². The maximum atomic E-state index is 13.1. The molecule has 26 heavy (non-hydrogen) atoms. The van der Waals surface area contributed by atoms with Gasteiger partial charge in [-0.15, -0.1) is 0 Å². The Morgan fingerprint density at radius 3 is 2.27 bits per heavy atom. The lowest BCUT2D eigenvalue weighted by molar-refractivity contribution is 0.0497. The van der Waals surface area contributed by atoms with Gasteiger partial charge in [0.05, 0.1) is 7.11 Å². The minimum atomic E-state index is -0.374. The van der Waals surface area contributed by atoms with Crippen LogP contribution in [0.1, 0.15) is 40.5 Å². The van der Waals surface area contributed by atoms with Crippen LogP contribution in [0.25, 0.3) is 0 Å². The van der Waals surface area contributed by atoms with Gasteiger partial charge in [0.25, 0.3) is 5.91 Å². The highest BCUT2D eigenvalue weighted by Gasteiger charge is 2.36. The van der Waals surface area contributed by atoms with Crippen molar-refractivity contribution >= 4 is 11.7 Å². The fraction of sp³-hybridized carbons (Fsp3) is 0.333. The number of nitrogens with zero attached hydrogens (tertiary/aromatic N) is 1. The molecule has 136 valence electrons. The highest BCUT2D eigenvalue weighted by molar-refractivity contribution is 6.00. The van der Waals surface area contributed by atoms with Crippen LogP contribution >= 0.6 is 0 Å². The van der Waals surface area contributed by atoms with E-state index >= 15 is 0 Å². The summed E-state index contributed by atoms with van der Waals surface area (Å²) in [6, 6.07) is 12.4. The Kier molecular flexibility index (Phi) is 5.35. The minimum Gasteiger partial charge on any atom is -0.497 e. The first kappa shape index (κ1) is 18.1. The molecule has 1 amide bonds. The average molecular weight is 355 g/mol. The molecule has 0 saturated carbocycles. The van der Waals surface area contributed by atoms with Gasteiger partial charge >= 0.3 is 0 Å². The molecule has 1 heterocycles. The van der Waals surface area contributed by atoms with Gasteiger partial charge in [-0.1, -0.05) is 0 Å². The monoisotopic (exact) mass is 355 g/mol. The Labute approximate surface area is 152 Å². The van der Waals surface area contributed by atoms with Gasteiger partial charge in [0, 0.05) is 29.6 Å². The summed E-state index contributed by atoms with van der Waals surface area (Å²) in [6.07, 6.45) is 1.52. The van der Waals surface area contributed by atoms with Crippen molar-refractivity contribution in [1.29, 1.82) is 0 Å². The number of halogens is 1. The van der Waals surface area contributed by atoms with E-state index in [2.05, 4.69) is 0 Å². The van der Waals surface area contributed by atoms with Crippen LogP contribution < -0.4 is 4.74 Å². The molecule has 0 N–H and O–H groups in total. The largest absolute Gasteiger partial charge is 0.497 e. The highest BCUT2D eigenvalue weighted by Crippen LogP contribution is 2.28. The van der Waals surface area contributed by atoms with Gasteiger partial charge in [0.2, 0.25) is 0 Å². The number of ether oxygens (including phenoxy) is 1. The number of likely N-dealkylation sites (tertiary alicyclic amines) is 1. The van der Waals surface area contributed by atoms with E-state index in [1.807, 2.05) is 6.92 Å². The van der Waals surface area contributed by atoms with Crippen molar-refractivity contribution in [1.82, 2.24) is 4.90 Å². The van der Waals surface area contributed by atoms with Gasteiger partial charge < -0.3 is 9.64 Å². The first-order valence-electron chi connectivity index (χ1n) is 8.76. The van der Waals surface area contributed by atoms with E-state index in [-0.39, 0.29) is 29.5 Å². The Balaban J connectivity index is 1.77. The third-order valence-corrected chi connectivity index (χ3v) is 5.05. The molecule has 2 aromatic carbocycles. The summed E-state index contributed by atoms with van der Waals surface area (Å²) in [5.74, 6) is -0.0461. The zero-order valence-electron chi connectivity index (χ0n) is 14.9. The molecule has 2 atom stereocenters. The predicted octanol–water partition coefficient (Wildman–Crippen LogP) is 3.96. The van der Waals surface area contributed by atoms with Crippen LogP contribution in [-0.2, 0) is 0 Å². The van der Waals surface area contributed by atoms with Crippen molar-refractivity contribution in [3.05, 3.63) is 65.5 Å². The van der Waals surface area contributed by atoms with Gasteiger partial charge in [-0.3, -0.25) is 9.59 Å². The highest BCUT2D eigenvalue weighted by atomic mass is 19.1. The van der Waals surface area contributed by atoms with Gasteiger partial charge in [-0.05, 0) is 68.3 Å². The molecule has 1 saturated heterocycles.